The van der Waals surface area contributed by atoms with Gasteiger partial charge >= 0.3 is 0 Å². The van der Waals surface area contributed by atoms with E-state index in [-0.39, 0.29) is 0 Å². The van der Waals surface area contributed by atoms with Gasteiger partial charge in [-0.15, -0.1) is 0 Å². The van der Waals surface area contributed by atoms with E-state index in [1.807, 2.05) is 11.8 Å². The van der Waals surface area contributed by atoms with Gasteiger partial charge in [0.2, 0.25) is 0 Å². The van der Waals surface area contributed by atoms with Crippen molar-refractivity contribution >= 4 is 23.4 Å². The first-order valence-electron chi connectivity index (χ1n) is 7.21. The van der Waals surface area contributed by atoms with E-state index in [9.17, 15) is 0 Å². The Bertz CT molecular complexity index is 441. The summed E-state index contributed by atoms with van der Waals surface area (Å²) in [5.74, 6) is 6.19. The lowest BCUT2D eigenvalue weighted by atomic mass is 10.2. The maximum atomic E-state index is 4.79. The molecule has 0 bridgehead atoms. The Kier molecular flexibility index (Phi) is 3.82. The van der Waals surface area contributed by atoms with Crippen molar-refractivity contribution in [2.24, 2.45) is 0 Å². The second-order valence-corrected chi connectivity index (χ2v) is 6.55. The Balaban J connectivity index is 1.85. The number of hydrogen-bond donors (Lipinski definition) is 1. The highest BCUT2D eigenvalue weighted by Gasteiger charge is 2.29. The van der Waals surface area contributed by atoms with Crippen molar-refractivity contribution in [2.45, 2.75) is 38.1 Å². The molecule has 3 rings (SSSR count). The molecule has 1 saturated carbocycles. The Morgan fingerprint density at radius 2 is 2.21 bits per heavy atom. The molecule has 2 fully saturated rings. The van der Waals surface area contributed by atoms with Gasteiger partial charge in [0, 0.05) is 37.4 Å². The molecular formula is C14H22N4S. The van der Waals surface area contributed by atoms with Gasteiger partial charge in [0.15, 0.2) is 0 Å². The van der Waals surface area contributed by atoms with Crippen LogP contribution >= 0.6 is 11.8 Å². The van der Waals surface area contributed by atoms with Crippen LogP contribution in [0.4, 0.5) is 11.6 Å². The lowest BCUT2D eigenvalue weighted by Gasteiger charge is -2.25. The van der Waals surface area contributed by atoms with E-state index >= 15 is 0 Å². The SMILES string of the molecule is CCNc1cc(N(C)C2CCSC2)nc(C2CC2)n1. The quantitative estimate of drug-likeness (QED) is 0.897. The van der Waals surface area contributed by atoms with Crippen LogP contribution in [0.25, 0.3) is 0 Å². The normalized spacial score (nSPS) is 22.5. The first kappa shape index (κ1) is 13.0. The average Bonchev–Trinajstić information content (AvgIpc) is 3.13. The molecule has 2 aliphatic rings. The Labute approximate surface area is 119 Å². The third-order valence-corrected chi connectivity index (χ3v) is 4.99. The zero-order valence-electron chi connectivity index (χ0n) is 11.7. The van der Waals surface area contributed by atoms with Crippen LogP contribution in [0.3, 0.4) is 0 Å². The molecule has 0 radical (unpaired) electrons. The van der Waals surface area contributed by atoms with Crippen molar-refractivity contribution in [3.8, 4) is 0 Å². The van der Waals surface area contributed by atoms with Crippen LogP contribution in [0.15, 0.2) is 6.07 Å². The predicted octanol–water partition coefficient (Wildman–Crippen LogP) is 2.73. The van der Waals surface area contributed by atoms with Crippen molar-refractivity contribution in [3.63, 3.8) is 0 Å². The van der Waals surface area contributed by atoms with Crippen molar-refractivity contribution < 1.29 is 0 Å². The fourth-order valence-corrected chi connectivity index (χ4v) is 3.71. The highest BCUT2D eigenvalue weighted by atomic mass is 32.2. The molecule has 2 heterocycles. The van der Waals surface area contributed by atoms with Crippen molar-refractivity contribution in [1.82, 2.24) is 9.97 Å². The number of nitrogens with zero attached hydrogens (tertiary/aromatic N) is 3. The minimum absolute atomic E-state index is 0.601. The molecule has 1 unspecified atom stereocenters. The summed E-state index contributed by atoms with van der Waals surface area (Å²) in [7, 11) is 2.17. The third kappa shape index (κ3) is 2.96. The molecule has 0 aromatic carbocycles. The van der Waals surface area contributed by atoms with E-state index in [1.165, 1.54) is 30.8 Å². The zero-order valence-corrected chi connectivity index (χ0v) is 12.5. The maximum Gasteiger partial charge on any atom is 0.136 e. The Morgan fingerprint density at radius 1 is 1.37 bits per heavy atom. The van der Waals surface area contributed by atoms with E-state index in [4.69, 9.17) is 4.98 Å². The molecular weight excluding hydrogens is 256 g/mol. The first-order valence-corrected chi connectivity index (χ1v) is 8.37. The van der Waals surface area contributed by atoms with E-state index in [0.29, 0.717) is 12.0 Å². The number of nitrogens with one attached hydrogen (secondary N) is 1. The van der Waals surface area contributed by atoms with Gasteiger partial charge in [0.1, 0.15) is 17.5 Å². The molecule has 5 heteroatoms. The molecule has 1 aliphatic heterocycles. The molecule has 1 aliphatic carbocycles. The Hall–Kier alpha value is -0.970. The highest BCUT2D eigenvalue weighted by molar-refractivity contribution is 7.99. The van der Waals surface area contributed by atoms with Gasteiger partial charge in [-0.05, 0) is 31.9 Å². The van der Waals surface area contributed by atoms with Gasteiger partial charge in [-0.25, -0.2) is 9.97 Å². The number of anilines is 2. The van der Waals surface area contributed by atoms with Gasteiger partial charge < -0.3 is 10.2 Å². The van der Waals surface area contributed by atoms with Gasteiger partial charge in [0.05, 0.1) is 0 Å². The molecule has 4 nitrogen and oxygen atoms in total. The second-order valence-electron chi connectivity index (χ2n) is 5.40. The lowest BCUT2D eigenvalue weighted by Crippen LogP contribution is -2.32. The van der Waals surface area contributed by atoms with Gasteiger partial charge in [-0.3, -0.25) is 0 Å². The second kappa shape index (κ2) is 5.57. The minimum atomic E-state index is 0.601. The van der Waals surface area contributed by atoms with Crippen molar-refractivity contribution in [1.29, 1.82) is 0 Å². The topological polar surface area (TPSA) is 41.0 Å². The molecule has 19 heavy (non-hydrogen) atoms. The summed E-state index contributed by atoms with van der Waals surface area (Å²) in [6, 6.07) is 2.72. The fourth-order valence-electron chi connectivity index (χ4n) is 2.44. The Morgan fingerprint density at radius 3 is 2.84 bits per heavy atom. The van der Waals surface area contributed by atoms with Crippen LogP contribution in [-0.4, -0.2) is 41.1 Å². The molecule has 1 aromatic rings. The standard InChI is InChI=1S/C14H22N4S/c1-3-15-12-8-13(17-14(16-12)10-4-5-10)18(2)11-6-7-19-9-11/h8,10-11H,3-7,9H2,1-2H3,(H,15,16,17). The highest BCUT2D eigenvalue weighted by Crippen LogP contribution is 2.39. The van der Waals surface area contributed by atoms with Crippen LogP contribution in [0.2, 0.25) is 0 Å². The first-order chi connectivity index (χ1) is 9.28. The molecule has 104 valence electrons. The van der Waals surface area contributed by atoms with Crippen LogP contribution in [0, 0.1) is 0 Å². The van der Waals surface area contributed by atoms with Crippen LogP contribution in [0.5, 0.6) is 0 Å². The van der Waals surface area contributed by atoms with Crippen molar-refractivity contribution in [3.05, 3.63) is 11.9 Å². The van der Waals surface area contributed by atoms with E-state index in [0.717, 1.165) is 24.0 Å². The molecule has 1 saturated heterocycles. The molecule has 1 atom stereocenters. The molecule has 1 aromatic heterocycles. The summed E-state index contributed by atoms with van der Waals surface area (Å²) >= 11 is 2.04. The van der Waals surface area contributed by atoms with Gasteiger partial charge in [-0.2, -0.15) is 11.8 Å². The summed E-state index contributed by atoms with van der Waals surface area (Å²) in [5, 5.41) is 3.33. The fraction of sp³-hybridized carbons (Fsp3) is 0.714. The van der Waals surface area contributed by atoms with E-state index in [2.05, 4.69) is 35.2 Å². The summed E-state index contributed by atoms with van der Waals surface area (Å²) in [4.78, 5) is 11.8. The van der Waals surface area contributed by atoms with E-state index < -0.39 is 0 Å². The monoisotopic (exact) mass is 278 g/mol. The molecule has 0 spiro atoms. The van der Waals surface area contributed by atoms with Crippen molar-refractivity contribution in [2.75, 3.05) is 35.3 Å². The number of hydrogen-bond acceptors (Lipinski definition) is 5. The van der Waals surface area contributed by atoms with Crippen LogP contribution in [0.1, 0.15) is 37.9 Å². The summed E-state index contributed by atoms with van der Waals surface area (Å²) in [6.45, 7) is 3.01. The number of thioether (sulfide) groups is 1. The van der Waals surface area contributed by atoms with Gasteiger partial charge in [0.25, 0.3) is 0 Å². The average molecular weight is 278 g/mol. The van der Waals surface area contributed by atoms with Crippen LogP contribution < -0.4 is 10.2 Å². The number of rotatable bonds is 5. The maximum absolute atomic E-state index is 4.79. The smallest absolute Gasteiger partial charge is 0.136 e. The summed E-state index contributed by atoms with van der Waals surface area (Å²) < 4.78 is 0. The summed E-state index contributed by atoms with van der Waals surface area (Å²) in [5.41, 5.74) is 0. The largest absolute Gasteiger partial charge is 0.370 e. The molecule has 1 N–H and O–H groups in total. The van der Waals surface area contributed by atoms with E-state index in [1.54, 1.807) is 0 Å². The van der Waals surface area contributed by atoms with Gasteiger partial charge in [-0.1, -0.05) is 0 Å². The minimum Gasteiger partial charge on any atom is -0.370 e. The zero-order chi connectivity index (χ0) is 13.2. The third-order valence-electron chi connectivity index (χ3n) is 3.85. The number of aromatic nitrogens is 2. The van der Waals surface area contributed by atoms with Crippen LogP contribution in [-0.2, 0) is 0 Å². The summed E-state index contributed by atoms with van der Waals surface area (Å²) in [6.07, 6.45) is 3.76. The molecule has 0 amide bonds. The lowest BCUT2D eigenvalue weighted by molar-refractivity contribution is 0.687. The predicted molar refractivity (Wildman–Crippen MR) is 82.3 cm³/mol.